The minimum Gasteiger partial charge on any atom is -0.493 e. The fourth-order valence-electron chi connectivity index (χ4n) is 4.01. The van der Waals surface area contributed by atoms with Crippen LogP contribution in [0.4, 0.5) is 19.0 Å². The highest BCUT2D eigenvalue weighted by Crippen LogP contribution is 2.37. The summed E-state index contributed by atoms with van der Waals surface area (Å²) < 4.78 is 49.4. The number of benzene rings is 2. The van der Waals surface area contributed by atoms with Crippen LogP contribution in [0.1, 0.15) is 29.9 Å². The Morgan fingerprint density at radius 3 is 2.37 bits per heavy atom. The van der Waals surface area contributed by atoms with E-state index in [1.54, 1.807) is 26.4 Å². The molecule has 0 spiro atoms. The van der Waals surface area contributed by atoms with Crippen molar-refractivity contribution in [2.45, 2.75) is 24.9 Å². The Hall–Kier alpha value is -3.03. The third kappa shape index (κ3) is 3.86. The smallest absolute Gasteiger partial charge is 0.416 e. The zero-order chi connectivity index (χ0) is 21.3. The van der Waals surface area contributed by atoms with Gasteiger partial charge in [0, 0.05) is 30.5 Å². The standard InChI is InChI=1S/C22H22F3N3O2/c1-29-19-10-17-18(11-20(19)30-2)26-13-27-21(17)28-9-3-4-15(12-28)14-5-7-16(8-6-14)22(23,24)25/h5-8,10-11,13,15H,3-4,9,12H2,1-2H3. The first-order valence-corrected chi connectivity index (χ1v) is 9.69. The van der Waals surface area contributed by atoms with Crippen molar-refractivity contribution in [3.8, 4) is 11.5 Å². The molecule has 1 aliphatic heterocycles. The number of methoxy groups -OCH3 is 2. The first-order chi connectivity index (χ1) is 14.4. The number of hydrogen-bond acceptors (Lipinski definition) is 5. The van der Waals surface area contributed by atoms with Crippen LogP contribution < -0.4 is 14.4 Å². The number of piperidine rings is 1. The summed E-state index contributed by atoms with van der Waals surface area (Å²) in [7, 11) is 3.15. The molecule has 30 heavy (non-hydrogen) atoms. The molecular weight excluding hydrogens is 395 g/mol. The molecule has 1 aliphatic rings. The summed E-state index contributed by atoms with van der Waals surface area (Å²) in [6, 6.07) is 9.17. The molecule has 8 heteroatoms. The Balaban J connectivity index is 1.64. The average molecular weight is 417 g/mol. The second-order valence-electron chi connectivity index (χ2n) is 7.33. The molecule has 1 fully saturated rings. The summed E-state index contributed by atoms with van der Waals surface area (Å²) in [5, 5.41) is 0.850. The molecule has 1 aromatic heterocycles. The highest BCUT2D eigenvalue weighted by atomic mass is 19.4. The summed E-state index contributed by atoms with van der Waals surface area (Å²) in [5.74, 6) is 2.11. The number of ether oxygens (including phenoxy) is 2. The van der Waals surface area contributed by atoms with Crippen LogP contribution >= 0.6 is 0 Å². The molecule has 0 N–H and O–H groups in total. The van der Waals surface area contributed by atoms with Crippen LogP contribution in [0.5, 0.6) is 11.5 Å². The van der Waals surface area contributed by atoms with E-state index in [2.05, 4.69) is 14.9 Å². The van der Waals surface area contributed by atoms with Gasteiger partial charge in [-0.2, -0.15) is 13.2 Å². The van der Waals surface area contributed by atoms with Gasteiger partial charge in [-0.05, 0) is 36.6 Å². The predicted octanol–water partition coefficient (Wildman–Crippen LogP) is 5.05. The van der Waals surface area contributed by atoms with Crippen molar-refractivity contribution in [3.05, 3.63) is 53.9 Å². The summed E-state index contributed by atoms with van der Waals surface area (Å²) >= 11 is 0. The molecule has 4 rings (SSSR count). The molecule has 0 saturated carbocycles. The van der Waals surface area contributed by atoms with Gasteiger partial charge in [0.25, 0.3) is 0 Å². The maximum Gasteiger partial charge on any atom is 0.416 e. The molecule has 2 heterocycles. The Bertz CT molecular complexity index is 1040. The monoisotopic (exact) mass is 417 g/mol. The number of fused-ring (bicyclic) bond motifs is 1. The van der Waals surface area contributed by atoms with Crippen molar-refractivity contribution in [1.29, 1.82) is 0 Å². The van der Waals surface area contributed by atoms with Gasteiger partial charge in [0.15, 0.2) is 11.5 Å². The summed E-state index contributed by atoms with van der Waals surface area (Å²) in [5.41, 5.74) is 1.03. The van der Waals surface area contributed by atoms with Crippen LogP contribution in [0, 0.1) is 0 Å². The number of rotatable bonds is 4. The van der Waals surface area contributed by atoms with Gasteiger partial charge in [-0.1, -0.05) is 12.1 Å². The van der Waals surface area contributed by atoms with Gasteiger partial charge in [-0.15, -0.1) is 0 Å². The van der Waals surface area contributed by atoms with E-state index in [-0.39, 0.29) is 5.92 Å². The minimum absolute atomic E-state index is 0.131. The number of nitrogens with zero attached hydrogens (tertiary/aromatic N) is 3. The highest BCUT2D eigenvalue weighted by Gasteiger charge is 2.31. The van der Waals surface area contributed by atoms with Crippen LogP contribution in [0.15, 0.2) is 42.7 Å². The topological polar surface area (TPSA) is 47.5 Å². The van der Waals surface area contributed by atoms with E-state index in [1.165, 1.54) is 6.33 Å². The molecule has 0 amide bonds. The molecule has 0 radical (unpaired) electrons. The SMILES string of the molecule is COc1cc2ncnc(N3CCCC(c4ccc(C(F)(F)F)cc4)C3)c2cc1OC. The fourth-order valence-corrected chi connectivity index (χ4v) is 4.01. The second kappa shape index (κ2) is 8.01. The largest absolute Gasteiger partial charge is 0.493 e. The van der Waals surface area contributed by atoms with Gasteiger partial charge in [-0.3, -0.25) is 0 Å². The van der Waals surface area contributed by atoms with Gasteiger partial charge in [-0.25, -0.2) is 9.97 Å². The Morgan fingerprint density at radius 1 is 1.00 bits per heavy atom. The van der Waals surface area contributed by atoms with E-state index in [0.717, 1.165) is 53.8 Å². The lowest BCUT2D eigenvalue weighted by atomic mass is 9.90. The molecule has 1 unspecified atom stereocenters. The first-order valence-electron chi connectivity index (χ1n) is 9.69. The van der Waals surface area contributed by atoms with E-state index < -0.39 is 11.7 Å². The van der Waals surface area contributed by atoms with E-state index >= 15 is 0 Å². The van der Waals surface area contributed by atoms with Gasteiger partial charge in [0.2, 0.25) is 0 Å². The lowest BCUT2D eigenvalue weighted by Crippen LogP contribution is -2.35. The normalized spacial score (nSPS) is 17.2. The van der Waals surface area contributed by atoms with Crippen molar-refractivity contribution in [2.75, 3.05) is 32.2 Å². The molecular formula is C22H22F3N3O2. The Labute approximate surface area is 172 Å². The van der Waals surface area contributed by atoms with Crippen LogP contribution in [-0.4, -0.2) is 37.3 Å². The number of alkyl halides is 3. The van der Waals surface area contributed by atoms with Gasteiger partial charge in [0.1, 0.15) is 12.1 Å². The fraction of sp³-hybridized carbons (Fsp3) is 0.364. The van der Waals surface area contributed by atoms with Crippen molar-refractivity contribution in [3.63, 3.8) is 0 Å². The minimum atomic E-state index is -4.32. The number of hydrogen-bond donors (Lipinski definition) is 0. The molecule has 158 valence electrons. The van der Waals surface area contributed by atoms with E-state index in [4.69, 9.17) is 9.47 Å². The zero-order valence-electron chi connectivity index (χ0n) is 16.7. The van der Waals surface area contributed by atoms with Gasteiger partial charge < -0.3 is 14.4 Å². The number of halogens is 3. The molecule has 0 aliphatic carbocycles. The molecule has 1 atom stereocenters. The third-order valence-electron chi connectivity index (χ3n) is 5.55. The number of anilines is 1. The first kappa shape index (κ1) is 20.3. The van der Waals surface area contributed by atoms with E-state index in [1.807, 2.05) is 12.1 Å². The molecule has 0 bridgehead atoms. The molecule has 2 aromatic carbocycles. The maximum atomic E-state index is 12.9. The van der Waals surface area contributed by atoms with Crippen molar-refractivity contribution in [1.82, 2.24) is 9.97 Å². The molecule has 1 saturated heterocycles. The zero-order valence-corrected chi connectivity index (χ0v) is 16.7. The van der Waals surface area contributed by atoms with Crippen LogP contribution in [-0.2, 0) is 6.18 Å². The molecule has 5 nitrogen and oxygen atoms in total. The third-order valence-corrected chi connectivity index (χ3v) is 5.55. The van der Waals surface area contributed by atoms with Crippen LogP contribution in [0.25, 0.3) is 10.9 Å². The van der Waals surface area contributed by atoms with Crippen molar-refractivity contribution in [2.24, 2.45) is 0 Å². The Kier molecular flexibility index (Phi) is 5.40. The van der Waals surface area contributed by atoms with E-state index in [0.29, 0.717) is 18.0 Å². The van der Waals surface area contributed by atoms with Crippen molar-refractivity contribution < 1.29 is 22.6 Å². The van der Waals surface area contributed by atoms with E-state index in [9.17, 15) is 13.2 Å². The number of aromatic nitrogens is 2. The summed E-state index contributed by atoms with van der Waals surface area (Å²) in [4.78, 5) is 11.0. The van der Waals surface area contributed by atoms with Crippen LogP contribution in [0.2, 0.25) is 0 Å². The van der Waals surface area contributed by atoms with Crippen LogP contribution in [0.3, 0.4) is 0 Å². The second-order valence-corrected chi connectivity index (χ2v) is 7.33. The van der Waals surface area contributed by atoms with Gasteiger partial charge >= 0.3 is 6.18 Å². The Morgan fingerprint density at radius 2 is 1.70 bits per heavy atom. The summed E-state index contributed by atoms with van der Waals surface area (Å²) in [6.07, 6.45) is -0.963. The van der Waals surface area contributed by atoms with Gasteiger partial charge in [0.05, 0.1) is 25.3 Å². The van der Waals surface area contributed by atoms with Crippen molar-refractivity contribution >= 4 is 16.7 Å². The molecule has 3 aromatic rings. The highest BCUT2D eigenvalue weighted by molar-refractivity contribution is 5.92. The quantitative estimate of drug-likeness (QED) is 0.595. The maximum absolute atomic E-state index is 12.9. The average Bonchev–Trinajstić information content (AvgIpc) is 2.77. The lowest BCUT2D eigenvalue weighted by molar-refractivity contribution is -0.137. The predicted molar refractivity (Wildman–Crippen MR) is 108 cm³/mol. The summed E-state index contributed by atoms with van der Waals surface area (Å²) in [6.45, 7) is 1.49. The lowest BCUT2D eigenvalue weighted by Gasteiger charge is -2.34.